The van der Waals surface area contributed by atoms with Gasteiger partial charge in [-0.2, -0.15) is 0 Å². The number of hydrogen-bond donors (Lipinski definition) is 1. The SMILES string of the molecule is O=C(NC1CCCCC1)c1ccc(CS(=O)(=O)Cc2ccccc2)cc1. The van der Waals surface area contributed by atoms with Crippen LogP contribution in [0, 0.1) is 0 Å². The van der Waals surface area contributed by atoms with E-state index in [1.165, 1.54) is 19.3 Å². The Balaban J connectivity index is 1.59. The van der Waals surface area contributed by atoms with E-state index in [4.69, 9.17) is 0 Å². The first-order valence-corrected chi connectivity index (χ1v) is 11.0. The molecule has 1 fully saturated rings. The summed E-state index contributed by atoms with van der Waals surface area (Å²) in [6.45, 7) is 0. The van der Waals surface area contributed by atoms with Crippen molar-refractivity contribution in [3.05, 3.63) is 71.3 Å². The summed E-state index contributed by atoms with van der Waals surface area (Å²) < 4.78 is 24.7. The Hall–Kier alpha value is -2.14. The van der Waals surface area contributed by atoms with Gasteiger partial charge in [0.1, 0.15) is 0 Å². The Morgan fingerprint density at radius 1 is 0.846 bits per heavy atom. The van der Waals surface area contributed by atoms with Crippen LogP contribution >= 0.6 is 0 Å². The maximum Gasteiger partial charge on any atom is 0.251 e. The van der Waals surface area contributed by atoms with E-state index >= 15 is 0 Å². The fourth-order valence-corrected chi connectivity index (χ4v) is 4.90. The average Bonchev–Trinajstić information content (AvgIpc) is 2.63. The summed E-state index contributed by atoms with van der Waals surface area (Å²) in [5.41, 5.74) is 2.07. The molecule has 0 unspecified atom stereocenters. The van der Waals surface area contributed by atoms with Crippen molar-refractivity contribution in [2.24, 2.45) is 0 Å². The van der Waals surface area contributed by atoms with Crippen LogP contribution in [-0.4, -0.2) is 20.4 Å². The van der Waals surface area contributed by atoms with Gasteiger partial charge in [-0.1, -0.05) is 61.7 Å². The number of carbonyl (C=O) groups excluding carboxylic acids is 1. The zero-order valence-electron chi connectivity index (χ0n) is 14.9. The molecule has 0 saturated heterocycles. The molecule has 1 amide bonds. The maximum atomic E-state index is 12.4. The van der Waals surface area contributed by atoms with Gasteiger partial charge in [0, 0.05) is 11.6 Å². The Bertz CT molecular complexity index is 823. The second-order valence-electron chi connectivity index (χ2n) is 7.02. The standard InChI is InChI=1S/C21H25NO3S/c23-21(22-20-9-5-2-6-10-20)19-13-11-18(12-14-19)16-26(24,25)15-17-7-3-1-4-8-17/h1,3-4,7-8,11-14,20H,2,5-6,9-10,15-16H2,(H,22,23). The van der Waals surface area contributed by atoms with Gasteiger partial charge in [0.25, 0.3) is 5.91 Å². The Kier molecular flexibility index (Phi) is 6.09. The molecule has 0 heterocycles. The quantitative estimate of drug-likeness (QED) is 0.838. The molecular weight excluding hydrogens is 346 g/mol. The molecule has 1 saturated carbocycles. The van der Waals surface area contributed by atoms with E-state index in [0.717, 1.165) is 18.4 Å². The molecule has 0 radical (unpaired) electrons. The minimum atomic E-state index is -3.24. The van der Waals surface area contributed by atoms with Crippen molar-refractivity contribution >= 4 is 15.7 Å². The zero-order valence-corrected chi connectivity index (χ0v) is 15.7. The molecule has 1 aliphatic carbocycles. The molecule has 4 nitrogen and oxygen atoms in total. The first-order chi connectivity index (χ1) is 12.5. The maximum absolute atomic E-state index is 12.4. The number of amides is 1. The first kappa shape index (κ1) is 18.6. The van der Waals surface area contributed by atoms with Crippen LogP contribution in [0.15, 0.2) is 54.6 Å². The zero-order chi connectivity index (χ0) is 18.4. The third-order valence-corrected chi connectivity index (χ3v) is 6.32. The van der Waals surface area contributed by atoms with Crippen LogP contribution in [-0.2, 0) is 21.3 Å². The van der Waals surface area contributed by atoms with Crippen molar-refractivity contribution in [3.8, 4) is 0 Å². The van der Waals surface area contributed by atoms with Gasteiger partial charge in [-0.15, -0.1) is 0 Å². The normalized spacial score (nSPS) is 15.5. The van der Waals surface area contributed by atoms with Crippen LogP contribution in [0.5, 0.6) is 0 Å². The lowest BCUT2D eigenvalue weighted by molar-refractivity contribution is 0.0927. The molecule has 2 aromatic carbocycles. The van der Waals surface area contributed by atoms with Gasteiger partial charge in [0.15, 0.2) is 9.84 Å². The van der Waals surface area contributed by atoms with E-state index in [0.29, 0.717) is 11.1 Å². The third kappa shape index (κ3) is 5.43. The summed E-state index contributed by atoms with van der Waals surface area (Å²) in [5.74, 6) is -0.0694. The number of benzene rings is 2. The van der Waals surface area contributed by atoms with Crippen LogP contribution in [0.25, 0.3) is 0 Å². The molecule has 2 aromatic rings. The third-order valence-electron chi connectivity index (χ3n) is 4.77. The van der Waals surface area contributed by atoms with Crippen LogP contribution in [0.4, 0.5) is 0 Å². The molecule has 0 aromatic heterocycles. The number of sulfone groups is 1. The summed E-state index contributed by atoms with van der Waals surface area (Å²) in [5, 5.41) is 3.08. The summed E-state index contributed by atoms with van der Waals surface area (Å²) >= 11 is 0. The van der Waals surface area contributed by atoms with Crippen LogP contribution in [0.1, 0.15) is 53.6 Å². The Morgan fingerprint density at radius 3 is 2.04 bits per heavy atom. The van der Waals surface area contributed by atoms with E-state index in [9.17, 15) is 13.2 Å². The van der Waals surface area contributed by atoms with E-state index < -0.39 is 9.84 Å². The van der Waals surface area contributed by atoms with E-state index in [1.807, 2.05) is 30.3 Å². The molecule has 5 heteroatoms. The molecular formula is C21H25NO3S. The van der Waals surface area contributed by atoms with Gasteiger partial charge in [-0.3, -0.25) is 4.79 Å². The van der Waals surface area contributed by atoms with Gasteiger partial charge >= 0.3 is 0 Å². The lowest BCUT2D eigenvalue weighted by Crippen LogP contribution is -2.36. The number of carbonyl (C=O) groups is 1. The molecule has 0 aliphatic heterocycles. The lowest BCUT2D eigenvalue weighted by atomic mass is 9.95. The van der Waals surface area contributed by atoms with Gasteiger partial charge in [-0.25, -0.2) is 8.42 Å². The van der Waals surface area contributed by atoms with Gasteiger partial charge in [0.2, 0.25) is 0 Å². The van der Waals surface area contributed by atoms with E-state index in [2.05, 4.69) is 5.32 Å². The molecule has 1 N–H and O–H groups in total. The summed E-state index contributed by atoms with van der Waals surface area (Å²) in [6.07, 6.45) is 5.67. The van der Waals surface area contributed by atoms with Crippen molar-refractivity contribution in [2.75, 3.05) is 0 Å². The highest BCUT2D eigenvalue weighted by atomic mass is 32.2. The van der Waals surface area contributed by atoms with Gasteiger partial charge < -0.3 is 5.32 Å². The molecule has 3 rings (SSSR count). The predicted octanol–water partition coefficient (Wildman–Crippen LogP) is 3.86. The monoisotopic (exact) mass is 371 g/mol. The van der Waals surface area contributed by atoms with Crippen molar-refractivity contribution in [2.45, 2.75) is 49.7 Å². The van der Waals surface area contributed by atoms with Crippen LogP contribution < -0.4 is 5.32 Å². The van der Waals surface area contributed by atoms with Crippen molar-refractivity contribution in [1.29, 1.82) is 0 Å². The smallest absolute Gasteiger partial charge is 0.251 e. The topological polar surface area (TPSA) is 63.2 Å². The minimum absolute atomic E-state index is 0.0214. The molecule has 26 heavy (non-hydrogen) atoms. The summed E-state index contributed by atoms with van der Waals surface area (Å²) in [6, 6.07) is 16.3. The predicted molar refractivity (Wildman–Crippen MR) is 104 cm³/mol. The Labute approximate surface area is 155 Å². The van der Waals surface area contributed by atoms with E-state index in [1.54, 1.807) is 24.3 Å². The van der Waals surface area contributed by atoms with Gasteiger partial charge in [-0.05, 0) is 36.1 Å². The fraction of sp³-hybridized carbons (Fsp3) is 0.381. The van der Waals surface area contributed by atoms with E-state index in [-0.39, 0.29) is 23.5 Å². The molecule has 1 aliphatic rings. The largest absolute Gasteiger partial charge is 0.349 e. The van der Waals surface area contributed by atoms with Gasteiger partial charge in [0.05, 0.1) is 11.5 Å². The Morgan fingerprint density at radius 2 is 1.42 bits per heavy atom. The summed E-state index contributed by atoms with van der Waals surface area (Å²) in [7, 11) is -3.24. The second kappa shape index (κ2) is 8.49. The fourth-order valence-electron chi connectivity index (χ4n) is 3.40. The first-order valence-electron chi connectivity index (χ1n) is 9.16. The number of hydrogen-bond acceptors (Lipinski definition) is 3. The summed E-state index contributed by atoms with van der Waals surface area (Å²) in [4.78, 5) is 12.3. The highest BCUT2D eigenvalue weighted by Gasteiger charge is 2.17. The van der Waals surface area contributed by atoms with Crippen LogP contribution in [0.3, 0.4) is 0 Å². The molecule has 0 bridgehead atoms. The number of rotatable bonds is 6. The molecule has 138 valence electrons. The van der Waals surface area contributed by atoms with Crippen LogP contribution in [0.2, 0.25) is 0 Å². The highest BCUT2D eigenvalue weighted by molar-refractivity contribution is 7.89. The van der Waals surface area contributed by atoms with Crippen molar-refractivity contribution in [3.63, 3.8) is 0 Å². The van der Waals surface area contributed by atoms with Crippen molar-refractivity contribution in [1.82, 2.24) is 5.32 Å². The number of nitrogens with one attached hydrogen (secondary N) is 1. The molecule has 0 spiro atoms. The lowest BCUT2D eigenvalue weighted by Gasteiger charge is -2.22. The van der Waals surface area contributed by atoms with Crippen molar-refractivity contribution < 1.29 is 13.2 Å². The highest BCUT2D eigenvalue weighted by Crippen LogP contribution is 2.18. The average molecular weight is 372 g/mol. The minimum Gasteiger partial charge on any atom is -0.349 e. The molecule has 0 atom stereocenters. The second-order valence-corrected chi connectivity index (χ2v) is 9.09.